The van der Waals surface area contributed by atoms with Crippen LogP contribution in [0.3, 0.4) is 0 Å². The molecule has 1 saturated heterocycles. The van der Waals surface area contributed by atoms with Crippen LogP contribution in [-0.4, -0.2) is 32.5 Å². The third-order valence-corrected chi connectivity index (χ3v) is 9.91. The Morgan fingerprint density at radius 3 is 2.44 bits per heavy atom. The van der Waals surface area contributed by atoms with E-state index in [2.05, 4.69) is 46.1 Å². The molecule has 0 amide bonds. The molecule has 0 bridgehead atoms. The molecule has 0 aromatic heterocycles. The normalized spacial score (nSPS) is 24.8. The van der Waals surface area contributed by atoms with Gasteiger partial charge in [-0.2, -0.15) is 0 Å². The van der Waals surface area contributed by atoms with E-state index >= 15 is 0 Å². The molecule has 25 heavy (non-hydrogen) atoms. The smallest absolute Gasteiger partial charge is 0.323 e. The Morgan fingerprint density at radius 1 is 1.20 bits per heavy atom. The van der Waals surface area contributed by atoms with Crippen LogP contribution >= 0.6 is 0 Å². The van der Waals surface area contributed by atoms with Crippen LogP contribution in [0, 0.1) is 0 Å². The highest BCUT2D eigenvalue weighted by Gasteiger charge is 2.41. The van der Waals surface area contributed by atoms with Crippen LogP contribution < -0.4 is 5.32 Å². The standard InChI is InChI=1S/C20H33NO3Si/c1-15-12-17(24-25(5,6)20(2,3)4)13-18(21-15)19(22)23-14-16-10-8-7-9-11-16/h7-11,15,17-18,21H,12-14H2,1-6H3. The highest BCUT2D eigenvalue weighted by atomic mass is 28.4. The molecule has 2 rings (SSSR count). The van der Waals surface area contributed by atoms with E-state index in [0.29, 0.717) is 13.0 Å². The molecule has 1 aromatic carbocycles. The highest BCUT2D eigenvalue weighted by Crippen LogP contribution is 2.38. The van der Waals surface area contributed by atoms with Crippen LogP contribution in [0.25, 0.3) is 0 Å². The summed E-state index contributed by atoms with van der Waals surface area (Å²) in [4.78, 5) is 12.5. The lowest BCUT2D eigenvalue weighted by atomic mass is 9.97. The number of carbonyl (C=O) groups is 1. The number of benzene rings is 1. The predicted molar refractivity (Wildman–Crippen MR) is 104 cm³/mol. The minimum Gasteiger partial charge on any atom is -0.460 e. The summed E-state index contributed by atoms with van der Waals surface area (Å²) >= 11 is 0. The number of ether oxygens (including phenoxy) is 1. The first-order valence-electron chi connectivity index (χ1n) is 9.23. The first-order chi connectivity index (χ1) is 11.6. The monoisotopic (exact) mass is 363 g/mol. The van der Waals surface area contributed by atoms with E-state index < -0.39 is 8.32 Å². The molecule has 140 valence electrons. The maximum absolute atomic E-state index is 12.5. The Balaban J connectivity index is 1.94. The maximum Gasteiger partial charge on any atom is 0.323 e. The van der Waals surface area contributed by atoms with Gasteiger partial charge in [0.2, 0.25) is 0 Å². The predicted octanol–water partition coefficient (Wildman–Crippen LogP) is 4.26. The zero-order valence-corrected chi connectivity index (χ0v) is 17.5. The van der Waals surface area contributed by atoms with Gasteiger partial charge in [0.1, 0.15) is 12.6 Å². The fourth-order valence-electron chi connectivity index (χ4n) is 2.92. The van der Waals surface area contributed by atoms with Crippen molar-refractivity contribution in [1.29, 1.82) is 0 Å². The summed E-state index contributed by atoms with van der Waals surface area (Å²) in [6.07, 6.45) is 1.74. The quantitative estimate of drug-likeness (QED) is 0.627. The van der Waals surface area contributed by atoms with E-state index in [-0.39, 0.29) is 29.2 Å². The Hall–Kier alpha value is -1.17. The lowest BCUT2D eigenvalue weighted by Crippen LogP contribution is -2.54. The Bertz CT molecular complexity index is 568. The minimum absolute atomic E-state index is 0.117. The molecule has 1 aromatic rings. The number of carbonyl (C=O) groups excluding carboxylic acids is 1. The summed E-state index contributed by atoms with van der Waals surface area (Å²) < 4.78 is 12.1. The largest absolute Gasteiger partial charge is 0.460 e. The minimum atomic E-state index is -1.84. The summed E-state index contributed by atoms with van der Waals surface area (Å²) in [6.45, 7) is 13.7. The molecule has 5 heteroatoms. The molecule has 0 spiro atoms. The van der Waals surface area contributed by atoms with Gasteiger partial charge in [-0.1, -0.05) is 51.1 Å². The average molecular weight is 364 g/mol. The van der Waals surface area contributed by atoms with Gasteiger partial charge in [-0.25, -0.2) is 0 Å². The van der Waals surface area contributed by atoms with Crippen molar-refractivity contribution < 1.29 is 14.0 Å². The molecular formula is C20H33NO3Si. The van der Waals surface area contributed by atoms with Crippen molar-refractivity contribution in [2.24, 2.45) is 0 Å². The second kappa shape index (κ2) is 8.02. The molecule has 3 unspecified atom stereocenters. The molecule has 0 radical (unpaired) electrons. The van der Waals surface area contributed by atoms with Gasteiger partial charge in [-0.05, 0) is 43.5 Å². The van der Waals surface area contributed by atoms with Crippen LogP contribution in [0.15, 0.2) is 30.3 Å². The van der Waals surface area contributed by atoms with Crippen LogP contribution in [-0.2, 0) is 20.6 Å². The van der Waals surface area contributed by atoms with Crippen molar-refractivity contribution in [2.45, 2.75) is 83.5 Å². The first-order valence-corrected chi connectivity index (χ1v) is 12.1. The third kappa shape index (κ3) is 5.66. The van der Waals surface area contributed by atoms with Crippen molar-refractivity contribution in [3.05, 3.63) is 35.9 Å². The van der Waals surface area contributed by atoms with Gasteiger partial charge in [0.25, 0.3) is 0 Å². The Labute approximate surface area is 153 Å². The molecule has 1 heterocycles. The van der Waals surface area contributed by atoms with Gasteiger partial charge < -0.3 is 14.5 Å². The fraction of sp³-hybridized carbons (Fsp3) is 0.650. The molecule has 3 atom stereocenters. The highest BCUT2D eigenvalue weighted by molar-refractivity contribution is 6.74. The van der Waals surface area contributed by atoms with Gasteiger partial charge in [-0.3, -0.25) is 4.79 Å². The second-order valence-corrected chi connectivity index (χ2v) is 13.4. The van der Waals surface area contributed by atoms with Gasteiger partial charge >= 0.3 is 5.97 Å². The number of esters is 1. The van der Waals surface area contributed by atoms with Crippen molar-refractivity contribution in [2.75, 3.05) is 0 Å². The zero-order chi connectivity index (χ0) is 18.7. The van der Waals surface area contributed by atoms with Gasteiger partial charge in [0.15, 0.2) is 8.32 Å². The summed E-state index contributed by atoms with van der Waals surface area (Å²) in [6, 6.07) is 9.75. The van der Waals surface area contributed by atoms with Gasteiger partial charge in [0.05, 0.1) is 0 Å². The molecule has 1 fully saturated rings. The van der Waals surface area contributed by atoms with Crippen LogP contribution in [0.2, 0.25) is 18.1 Å². The number of hydrogen-bond acceptors (Lipinski definition) is 4. The van der Waals surface area contributed by atoms with Crippen molar-refractivity contribution in [1.82, 2.24) is 5.32 Å². The summed E-state index contributed by atoms with van der Waals surface area (Å²) in [5.74, 6) is -0.181. The SMILES string of the molecule is CC1CC(O[Si](C)(C)C(C)(C)C)CC(C(=O)OCc2ccccc2)N1. The number of nitrogens with one attached hydrogen (secondary N) is 1. The van der Waals surface area contributed by atoms with Crippen LogP contribution in [0.4, 0.5) is 0 Å². The lowest BCUT2D eigenvalue weighted by Gasteiger charge is -2.42. The van der Waals surface area contributed by atoms with E-state index in [1.807, 2.05) is 30.3 Å². The molecule has 0 aliphatic carbocycles. The summed E-state index contributed by atoms with van der Waals surface area (Å²) in [5, 5.41) is 3.54. The van der Waals surface area contributed by atoms with Crippen LogP contribution in [0.5, 0.6) is 0 Å². The van der Waals surface area contributed by atoms with E-state index in [1.54, 1.807) is 0 Å². The van der Waals surface area contributed by atoms with Crippen molar-refractivity contribution in [3.63, 3.8) is 0 Å². The van der Waals surface area contributed by atoms with E-state index in [0.717, 1.165) is 12.0 Å². The van der Waals surface area contributed by atoms with Gasteiger partial charge in [0, 0.05) is 12.1 Å². The number of hydrogen-bond donors (Lipinski definition) is 1. The average Bonchev–Trinajstić information content (AvgIpc) is 2.51. The summed E-state index contributed by atoms with van der Waals surface area (Å²) in [7, 11) is -1.84. The molecule has 4 nitrogen and oxygen atoms in total. The van der Waals surface area contributed by atoms with E-state index in [9.17, 15) is 4.79 Å². The van der Waals surface area contributed by atoms with Gasteiger partial charge in [-0.15, -0.1) is 0 Å². The van der Waals surface area contributed by atoms with E-state index in [1.165, 1.54) is 0 Å². The number of rotatable bonds is 5. The number of piperidine rings is 1. The van der Waals surface area contributed by atoms with Crippen LogP contribution in [0.1, 0.15) is 46.1 Å². The fourth-order valence-corrected chi connectivity index (χ4v) is 4.30. The maximum atomic E-state index is 12.5. The molecule has 1 aliphatic heterocycles. The Kier molecular flexibility index (Phi) is 6.46. The zero-order valence-electron chi connectivity index (χ0n) is 16.5. The van der Waals surface area contributed by atoms with Crippen molar-refractivity contribution in [3.8, 4) is 0 Å². The molecule has 1 aliphatic rings. The third-order valence-electron chi connectivity index (χ3n) is 5.38. The molecular weight excluding hydrogens is 330 g/mol. The van der Waals surface area contributed by atoms with E-state index in [4.69, 9.17) is 9.16 Å². The summed E-state index contributed by atoms with van der Waals surface area (Å²) in [5.41, 5.74) is 1.01. The first kappa shape index (κ1) is 20.1. The Morgan fingerprint density at radius 2 is 1.84 bits per heavy atom. The van der Waals surface area contributed by atoms with Crippen molar-refractivity contribution >= 4 is 14.3 Å². The topological polar surface area (TPSA) is 47.6 Å². The lowest BCUT2D eigenvalue weighted by molar-refractivity contribution is -0.149. The molecule has 0 saturated carbocycles. The molecule has 1 N–H and O–H groups in total. The second-order valence-electron chi connectivity index (χ2n) is 8.69.